The van der Waals surface area contributed by atoms with E-state index in [9.17, 15) is 4.79 Å². The Labute approximate surface area is 119 Å². The van der Waals surface area contributed by atoms with Gasteiger partial charge in [-0.3, -0.25) is 4.79 Å². The fourth-order valence-electron chi connectivity index (χ4n) is 1.50. The van der Waals surface area contributed by atoms with Gasteiger partial charge in [-0.2, -0.15) is 11.8 Å². The third kappa shape index (κ3) is 7.23. The Bertz CT molecular complexity index is 354. The maximum atomic E-state index is 11.8. The minimum absolute atomic E-state index is 0.0590. The molecule has 0 fully saturated rings. The molecule has 0 aliphatic heterocycles. The van der Waals surface area contributed by atoms with Crippen molar-refractivity contribution in [1.29, 1.82) is 0 Å². The van der Waals surface area contributed by atoms with Gasteiger partial charge in [0.05, 0.1) is 5.92 Å². The first-order chi connectivity index (χ1) is 9.24. The number of thioether (sulfide) groups is 1. The summed E-state index contributed by atoms with van der Waals surface area (Å²) in [5.41, 5.74) is 1.02. The molecule has 1 atom stereocenters. The molecule has 0 N–H and O–H groups in total. The lowest BCUT2D eigenvalue weighted by Gasteiger charge is -2.11. The summed E-state index contributed by atoms with van der Waals surface area (Å²) in [4.78, 5) is 11.8. The van der Waals surface area contributed by atoms with Gasteiger partial charge in [0.1, 0.15) is 6.61 Å². The number of carbonyl (C=O) groups is 1. The average molecular weight is 282 g/mol. The quantitative estimate of drug-likeness (QED) is 0.515. The molecular weight excluding hydrogens is 260 g/mol. The molecule has 0 bridgehead atoms. The molecule has 0 aromatic heterocycles. The molecule has 1 aromatic rings. The lowest BCUT2D eigenvalue weighted by molar-refractivity contribution is -0.148. The van der Waals surface area contributed by atoms with Crippen molar-refractivity contribution in [3.05, 3.63) is 35.9 Å². The van der Waals surface area contributed by atoms with Gasteiger partial charge in [0.2, 0.25) is 0 Å². The van der Waals surface area contributed by atoms with E-state index in [1.54, 1.807) is 18.9 Å². The van der Waals surface area contributed by atoms with Crippen molar-refractivity contribution in [2.45, 2.75) is 20.0 Å². The minimum Gasteiger partial charge on any atom is -0.461 e. The first-order valence-corrected chi connectivity index (χ1v) is 7.66. The third-order valence-corrected chi connectivity index (χ3v) is 3.94. The van der Waals surface area contributed by atoms with Crippen molar-refractivity contribution >= 4 is 17.7 Å². The molecular formula is C15H22O3S. The van der Waals surface area contributed by atoms with Crippen molar-refractivity contribution in [3.8, 4) is 0 Å². The fourth-order valence-corrected chi connectivity index (χ4v) is 2.48. The number of benzene rings is 1. The number of methoxy groups -OCH3 is 1. The summed E-state index contributed by atoms with van der Waals surface area (Å²) in [6.45, 7) is 3.05. The number of rotatable bonds is 9. The molecule has 3 nitrogen and oxygen atoms in total. The average Bonchev–Trinajstić information content (AvgIpc) is 2.45. The number of carbonyl (C=O) groups excluding carboxylic acids is 1. The first kappa shape index (κ1) is 16.1. The van der Waals surface area contributed by atoms with Gasteiger partial charge in [-0.25, -0.2) is 0 Å². The Hall–Kier alpha value is -1.00. The normalized spacial score (nSPS) is 12.1. The summed E-state index contributed by atoms with van der Waals surface area (Å²) in [5, 5.41) is 0. The Morgan fingerprint density at radius 2 is 2.05 bits per heavy atom. The summed E-state index contributed by atoms with van der Waals surface area (Å²) in [6, 6.07) is 9.75. The van der Waals surface area contributed by atoms with Crippen molar-refractivity contribution in [2.75, 3.05) is 25.2 Å². The molecule has 0 saturated carbocycles. The Morgan fingerprint density at radius 3 is 2.74 bits per heavy atom. The minimum atomic E-state index is -0.122. The second-order valence-electron chi connectivity index (χ2n) is 4.42. The monoisotopic (exact) mass is 282 g/mol. The van der Waals surface area contributed by atoms with Crippen LogP contribution in [0.2, 0.25) is 0 Å². The van der Waals surface area contributed by atoms with Crippen molar-refractivity contribution in [3.63, 3.8) is 0 Å². The van der Waals surface area contributed by atoms with Gasteiger partial charge in [0, 0.05) is 19.5 Å². The van der Waals surface area contributed by atoms with Crippen LogP contribution in [0.5, 0.6) is 0 Å². The number of esters is 1. The topological polar surface area (TPSA) is 35.5 Å². The van der Waals surface area contributed by atoms with E-state index < -0.39 is 0 Å². The van der Waals surface area contributed by atoms with Crippen LogP contribution < -0.4 is 0 Å². The van der Waals surface area contributed by atoms with Gasteiger partial charge in [0.15, 0.2) is 0 Å². The van der Waals surface area contributed by atoms with Crippen molar-refractivity contribution in [1.82, 2.24) is 0 Å². The van der Waals surface area contributed by atoms with E-state index in [2.05, 4.69) is 0 Å². The van der Waals surface area contributed by atoms with Crippen LogP contribution in [0.25, 0.3) is 0 Å². The highest BCUT2D eigenvalue weighted by Gasteiger charge is 2.14. The zero-order valence-electron chi connectivity index (χ0n) is 11.6. The highest BCUT2D eigenvalue weighted by atomic mass is 32.2. The van der Waals surface area contributed by atoms with Crippen LogP contribution >= 0.6 is 11.8 Å². The fraction of sp³-hybridized carbons (Fsp3) is 0.533. The highest BCUT2D eigenvalue weighted by Crippen LogP contribution is 2.12. The van der Waals surface area contributed by atoms with Crippen LogP contribution in [0.1, 0.15) is 18.9 Å². The Kier molecular flexibility index (Phi) is 8.34. The van der Waals surface area contributed by atoms with Crippen molar-refractivity contribution < 1.29 is 14.3 Å². The zero-order valence-corrected chi connectivity index (χ0v) is 12.4. The molecule has 0 aliphatic rings. The lowest BCUT2D eigenvalue weighted by atomic mass is 10.2. The molecule has 0 saturated heterocycles. The van der Waals surface area contributed by atoms with E-state index in [-0.39, 0.29) is 11.9 Å². The van der Waals surface area contributed by atoms with Crippen LogP contribution in [-0.4, -0.2) is 31.2 Å². The van der Waals surface area contributed by atoms with Gasteiger partial charge in [-0.15, -0.1) is 0 Å². The molecule has 4 heteroatoms. The smallest absolute Gasteiger partial charge is 0.309 e. The van der Waals surface area contributed by atoms with Crippen LogP contribution in [0.3, 0.4) is 0 Å². The summed E-state index contributed by atoms with van der Waals surface area (Å²) >= 11 is 1.77. The predicted octanol–water partition coefficient (Wildman–Crippen LogP) is 3.14. The zero-order chi connectivity index (χ0) is 13.9. The van der Waals surface area contributed by atoms with Gasteiger partial charge in [0.25, 0.3) is 0 Å². The van der Waals surface area contributed by atoms with Crippen LogP contribution in [-0.2, 0) is 20.9 Å². The Balaban J connectivity index is 2.14. The summed E-state index contributed by atoms with van der Waals surface area (Å²) in [7, 11) is 1.70. The molecule has 1 unspecified atom stereocenters. The second kappa shape index (κ2) is 9.87. The maximum Gasteiger partial charge on any atom is 0.309 e. The molecule has 106 valence electrons. The van der Waals surface area contributed by atoms with E-state index in [4.69, 9.17) is 9.47 Å². The molecule has 1 aromatic carbocycles. The third-order valence-electron chi connectivity index (χ3n) is 2.63. The highest BCUT2D eigenvalue weighted by molar-refractivity contribution is 7.99. The van der Waals surface area contributed by atoms with Gasteiger partial charge >= 0.3 is 5.97 Å². The van der Waals surface area contributed by atoms with Gasteiger partial charge in [-0.05, 0) is 17.7 Å². The molecule has 19 heavy (non-hydrogen) atoms. The predicted molar refractivity (Wildman–Crippen MR) is 79.2 cm³/mol. The molecule has 0 amide bonds. The number of hydrogen-bond acceptors (Lipinski definition) is 4. The van der Waals surface area contributed by atoms with Gasteiger partial charge in [-0.1, -0.05) is 37.3 Å². The molecule has 1 rings (SSSR count). The van der Waals surface area contributed by atoms with Gasteiger partial charge < -0.3 is 9.47 Å². The van der Waals surface area contributed by atoms with Crippen LogP contribution in [0.4, 0.5) is 0 Å². The Morgan fingerprint density at radius 1 is 1.32 bits per heavy atom. The molecule has 0 radical (unpaired) electrons. The number of ether oxygens (including phenoxy) is 2. The van der Waals surface area contributed by atoms with E-state index in [0.29, 0.717) is 6.61 Å². The first-order valence-electron chi connectivity index (χ1n) is 6.51. The van der Waals surface area contributed by atoms with Crippen molar-refractivity contribution in [2.24, 2.45) is 5.92 Å². The van der Waals surface area contributed by atoms with E-state index >= 15 is 0 Å². The molecule has 0 aliphatic carbocycles. The summed E-state index contributed by atoms with van der Waals surface area (Å²) < 4.78 is 10.3. The molecule has 0 heterocycles. The van der Waals surface area contributed by atoms with E-state index in [0.717, 1.165) is 30.1 Å². The number of hydrogen-bond donors (Lipinski definition) is 0. The van der Waals surface area contributed by atoms with E-state index in [1.165, 1.54) is 0 Å². The molecule has 0 spiro atoms. The maximum absolute atomic E-state index is 11.8. The van der Waals surface area contributed by atoms with Crippen LogP contribution in [0, 0.1) is 5.92 Å². The van der Waals surface area contributed by atoms with E-state index in [1.807, 2.05) is 37.3 Å². The summed E-state index contributed by atoms with van der Waals surface area (Å²) in [5.74, 6) is 1.64. The largest absolute Gasteiger partial charge is 0.461 e. The summed E-state index contributed by atoms with van der Waals surface area (Å²) in [6.07, 6.45) is 1.02. The standard InChI is InChI=1S/C15H22O3S/c1-13(12-19-10-6-9-17-2)15(16)18-11-14-7-4-3-5-8-14/h3-5,7-8,13H,6,9-12H2,1-2H3. The van der Waals surface area contributed by atoms with Crippen LogP contribution in [0.15, 0.2) is 30.3 Å². The second-order valence-corrected chi connectivity index (χ2v) is 5.57. The SMILES string of the molecule is COCCCSCC(C)C(=O)OCc1ccccc1. The lowest BCUT2D eigenvalue weighted by Crippen LogP contribution is -2.17.